The number of nitrogens with two attached hydrogens (primary N) is 1. The molecular weight excluding hydrogens is 416 g/mol. The normalized spacial score (nSPS) is 33.4. The average Bonchev–Trinajstić information content (AvgIpc) is 3.26. The number of amides is 2. The standard InChI is InChI=1S/C25H48N6O2/c1-16(2)24(32)29-11-10-27-18-5-6-22(26)21(13-18)23-14-20(7-9-28-23)31-12-8-19(15-31)30-25(33)17(3)4/h16-23,27-28H,5-15,26H2,1-4H3,(H,29,32)(H,30,33)/t18?,19-,20?,21?,22?,23?/m0/s1. The fraction of sp³-hybridized carbons (Fsp3) is 0.920. The number of rotatable bonds is 9. The minimum absolute atomic E-state index is 0.0322. The number of nitrogens with one attached hydrogen (secondary N) is 4. The van der Waals surface area contributed by atoms with Gasteiger partial charge in [0.2, 0.25) is 11.8 Å². The lowest BCUT2D eigenvalue weighted by atomic mass is 9.75. The van der Waals surface area contributed by atoms with Gasteiger partial charge in [-0.3, -0.25) is 14.5 Å². The van der Waals surface area contributed by atoms with Gasteiger partial charge in [0.05, 0.1) is 0 Å². The summed E-state index contributed by atoms with van der Waals surface area (Å²) in [5, 5.41) is 13.7. The lowest BCUT2D eigenvalue weighted by molar-refractivity contribution is -0.125. The molecule has 3 rings (SSSR count). The molecule has 3 fully saturated rings. The maximum absolute atomic E-state index is 12.1. The highest BCUT2D eigenvalue weighted by atomic mass is 16.2. The van der Waals surface area contributed by atoms with E-state index in [1.165, 1.54) is 6.42 Å². The van der Waals surface area contributed by atoms with Crippen LogP contribution >= 0.6 is 0 Å². The molecule has 0 spiro atoms. The van der Waals surface area contributed by atoms with Gasteiger partial charge in [-0.15, -0.1) is 0 Å². The van der Waals surface area contributed by atoms with E-state index in [0.29, 0.717) is 30.6 Å². The largest absolute Gasteiger partial charge is 0.355 e. The second-order valence-electron chi connectivity index (χ2n) is 11.1. The lowest BCUT2D eigenvalue weighted by Crippen LogP contribution is -2.57. The first-order valence-electron chi connectivity index (χ1n) is 13.3. The van der Waals surface area contributed by atoms with Crippen molar-refractivity contribution in [3.8, 4) is 0 Å². The van der Waals surface area contributed by atoms with E-state index in [1.807, 2.05) is 27.7 Å². The van der Waals surface area contributed by atoms with Crippen molar-refractivity contribution in [2.75, 3.05) is 32.7 Å². The Labute approximate surface area is 200 Å². The molecule has 2 aliphatic heterocycles. The molecule has 8 nitrogen and oxygen atoms in total. The number of hydrogen-bond donors (Lipinski definition) is 5. The van der Waals surface area contributed by atoms with Crippen LogP contribution in [0.5, 0.6) is 0 Å². The van der Waals surface area contributed by atoms with Gasteiger partial charge in [-0.25, -0.2) is 0 Å². The highest BCUT2D eigenvalue weighted by molar-refractivity contribution is 5.78. The summed E-state index contributed by atoms with van der Waals surface area (Å²) in [4.78, 5) is 26.4. The van der Waals surface area contributed by atoms with E-state index in [9.17, 15) is 9.59 Å². The maximum atomic E-state index is 12.1. The van der Waals surface area contributed by atoms with Crippen molar-refractivity contribution < 1.29 is 9.59 Å². The number of carbonyl (C=O) groups is 2. The SMILES string of the molecule is CC(C)C(=O)NCCNC1CCC(N)C(C2CC(N3CC[C@H](NC(=O)C(C)C)C3)CCN2)C1. The van der Waals surface area contributed by atoms with Crippen molar-refractivity contribution in [3.63, 3.8) is 0 Å². The van der Waals surface area contributed by atoms with Gasteiger partial charge in [-0.1, -0.05) is 27.7 Å². The molecule has 0 bridgehead atoms. The zero-order chi connectivity index (χ0) is 24.0. The summed E-state index contributed by atoms with van der Waals surface area (Å²) in [6, 6.07) is 2.03. The molecule has 190 valence electrons. The van der Waals surface area contributed by atoms with Gasteiger partial charge in [-0.05, 0) is 51.0 Å². The van der Waals surface area contributed by atoms with Gasteiger partial charge in [0.1, 0.15) is 0 Å². The molecule has 1 saturated carbocycles. The van der Waals surface area contributed by atoms with Crippen molar-refractivity contribution in [2.24, 2.45) is 23.5 Å². The van der Waals surface area contributed by atoms with Gasteiger partial charge in [0.15, 0.2) is 0 Å². The smallest absolute Gasteiger partial charge is 0.222 e. The minimum Gasteiger partial charge on any atom is -0.355 e. The quantitative estimate of drug-likeness (QED) is 0.323. The van der Waals surface area contributed by atoms with Crippen LogP contribution in [0, 0.1) is 17.8 Å². The third-order valence-electron chi connectivity index (χ3n) is 7.87. The maximum Gasteiger partial charge on any atom is 0.222 e. The molecule has 3 aliphatic rings. The average molecular weight is 465 g/mol. The Bertz CT molecular complexity index is 642. The van der Waals surface area contributed by atoms with Crippen LogP contribution in [0.1, 0.15) is 66.2 Å². The van der Waals surface area contributed by atoms with Crippen molar-refractivity contribution in [1.82, 2.24) is 26.2 Å². The summed E-state index contributed by atoms with van der Waals surface area (Å²) in [5.41, 5.74) is 6.62. The van der Waals surface area contributed by atoms with Gasteiger partial charge in [-0.2, -0.15) is 0 Å². The van der Waals surface area contributed by atoms with Crippen molar-refractivity contribution in [1.29, 1.82) is 0 Å². The molecule has 2 heterocycles. The van der Waals surface area contributed by atoms with Gasteiger partial charge in [0.25, 0.3) is 0 Å². The molecule has 2 saturated heterocycles. The van der Waals surface area contributed by atoms with Gasteiger partial charge in [0, 0.05) is 68.2 Å². The molecule has 0 aromatic rings. The fourth-order valence-electron chi connectivity index (χ4n) is 5.74. The predicted molar refractivity (Wildman–Crippen MR) is 133 cm³/mol. The highest BCUT2D eigenvalue weighted by Crippen LogP contribution is 2.32. The van der Waals surface area contributed by atoms with Gasteiger partial charge >= 0.3 is 0 Å². The van der Waals surface area contributed by atoms with Crippen LogP contribution in [0.25, 0.3) is 0 Å². The van der Waals surface area contributed by atoms with Crippen LogP contribution in [-0.2, 0) is 9.59 Å². The molecular formula is C25H48N6O2. The minimum atomic E-state index is 0.0322. The van der Waals surface area contributed by atoms with E-state index >= 15 is 0 Å². The Hall–Kier alpha value is -1.22. The Balaban J connectivity index is 1.45. The van der Waals surface area contributed by atoms with Crippen LogP contribution in [0.4, 0.5) is 0 Å². The van der Waals surface area contributed by atoms with E-state index in [4.69, 9.17) is 5.73 Å². The molecule has 6 atom stereocenters. The number of piperidine rings is 1. The molecule has 0 aromatic heterocycles. The summed E-state index contributed by atoms with van der Waals surface area (Å²) in [7, 11) is 0. The van der Waals surface area contributed by atoms with Crippen molar-refractivity contribution in [3.05, 3.63) is 0 Å². The summed E-state index contributed by atoms with van der Waals surface area (Å²) < 4.78 is 0. The number of nitrogens with zero attached hydrogens (tertiary/aromatic N) is 1. The van der Waals surface area contributed by atoms with Crippen LogP contribution in [-0.4, -0.2) is 79.6 Å². The van der Waals surface area contributed by atoms with E-state index in [-0.39, 0.29) is 35.7 Å². The second-order valence-corrected chi connectivity index (χ2v) is 11.1. The van der Waals surface area contributed by atoms with E-state index < -0.39 is 0 Å². The summed E-state index contributed by atoms with van der Waals surface area (Å²) in [6.45, 7) is 12.3. The molecule has 8 heteroatoms. The lowest BCUT2D eigenvalue weighted by Gasteiger charge is -2.44. The molecule has 33 heavy (non-hydrogen) atoms. The Morgan fingerprint density at radius 3 is 2.45 bits per heavy atom. The van der Waals surface area contributed by atoms with Crippen LogP contribution < -0.4 is 27.0 Å². The van der Waals surface area contributed by atoms with Gasteiger partial charge < -0.3 is 27.0 Å². The number of hydrogen-bond acceptors (Lipinski definition) is 6. The molecule has 0 radical (unpaired) electrons. The summed E-state index contributed by atoms with van der Waals surface area (Å²) in [6.07, 6.45) is 6.61. The first-order chi connectivity index (χ1) is 15.7. The van der Waals surface area contributed by atoms with E-state index in [1.54, 1.807) is 0 Å². The second kappa shape index (κ2) is 12.5. The molecule has 2 amide bonds. The fourth-order valence-corrected chi connectivity index (χ4v) is 5.74. The number of likely N-dealkylation sites (tertiary alicyclic amines) is 1. The van der Waals surface area contributed by atoms with Crippen LogP contribution in [0.2, 0.25) is 0 Å². The molecule has 5 unspecified atom stereocenters. The monoisotopic (exact) mass is 464 g/mol. The van der Waals surface area contributed by atoms with Crippen molar-refractivity contribution >= 4 is 11.8 Å². The molecule has 1 aliphatic carbocycles. The summed E-state index contributed by atoms with van der Waals surface area (Å²) in [5.74, 6) is 0.836. The number of carbonyl (C=O) groups excluding carboxylic acids is 2. The van der Waals surface area contributed by atoms with E-state index in [2.05, 4.69) is 26.2 Å². The third-order valence-corrected chi connectivity index (χ3v) is 7.87. The Kier molecular flexibility index (Phi) is 9.97. The van der Waals surface area contributed by atoms with Crippen LogP contribution in [0.15, 0.2) is 0 Å². The third kappa shape index (κ3) is 7.64. The zero-order valence-electron chi connectivity index (χ0n) is 21.2. The first kappa shape index (κ1) is 26.4. The van der Waals surface area contributed by atoms with Crippen LogP contribution in [0.3, 0.4) is 0 Å². The Morgan fingerprint density at radius 2 is 1.73 bits per heavy atom. The highest BCUT2D eigenvalue weighted by Gasteiger charge is 2.39. The predicted octanol–water partition coefficient (Wildman–Crippen LogP) is 0.811. The Morgan fingerprint density at radius 1 is 0.970 bits per heavy atom. The van der Waals surface area contributed by atoms with E-state index in [0.717, 1.165) is 58.3 Å². The first-order valence-corrected chi connectivity index (χ1v) is 13.3. The van der Waals surface area contributed by atoms with Crippen molar-refractivity contribution in [2.45, 2.75) is 96.4 Å². The topological polar surface area (TPSA) is 112 Å². The molecule has 6 N–H and O–H groups in total. The zero-order valence-corrected chi connectivity index (χ0v) is 21.2. The molecule has 0 aromatic carbocycles. The summed E-state index contributed by atoms with van der Waals surface area (Å²) >= 11 is 0.